The average molecular weight is 315 g/mol. The second kappa shape index (κ2) is 6.85. The van der Waals surface area contributed by atoms with Gasteiger partial charge in [-0.3, -0.25) is 4.18 Å². The van der Waals surface area contributed by atoms with Gasteiger partial charge in [0, 0.05) is 12.5 Å². The van der Waals surface area contributed by atoms with E-state index >= 15 is 0 Å². The first kappa shape index (κ1) is 16.4. The zero-order valence-corrected chi connectivity index (χ0v) is 13.3. The maximum atomic E-state index is 13.1. The molecule has 6 heteroatoms. The monoisotopic (exact) mass is 315 g/mol. The van der Waals surface area contributed by atoms with E-state index in [4.69, 9.17) is 4.18 Å². The first-order chi connectivity index (χ1) is 9.89. The number of hydrogen-bond donors (Lipinski definition) is 0. The van der Waals surface area contributed by atoms with Crippen molar-refractivity contribution in [2.45, 2.75) is 19.3 Å². The molecule has 0 bridgehead atoms. The van der Waals surface area contributed by atoms with Gasteiger partial charge >= 0.3 is 0 Å². The van der Waals surface area contributed by atoms with E-state index in [-0.39, 0.29) is 24.3 Å². The Bertz CT molecular complexity index is 559. The maximum absolute atomic E-state index is 13.1. The molecular formula is C15H22FNO3S. The first-order valence-electron chi connectivity index (χ1n) is 7.21. The van der Waals surface area contributed by atoms with E-state index in [0.717, 1.165) is 37.9 Å². The third-order valence-corrected chi connectivity index (χ3v) is 4.62. The van der Waals surface area contributed by atoms with E-state index < -0.39 is 10.1 Å². The van der Waals surface area contributed by atoms with Crippen LogP contribution in [0.25, 0.3) is 0 Å². The van der Waals surface area contributed by atoms with Gasteiger partial charge in [-0.05, 0) is 43.1 Å². The lowest BCUT2D eigenvalue weighted by molar-refractivity contribution is 0.118. The highest BCUT2D eigenvalue weighted by molar-refractivity contribution is 7.85. The van der Waals surface area contributed by atoms with Crippen molar-refractivity contribution in [3.8, 4) is 0 Å². The van der Waals surface area contributed by atoms with Gasteiger partial charge in [-0.25, -0.2) is 4.39 Å². The Morgan fingerprint density at radius 1 is 1.33 bits per heavy atom. The third kappa shape index (κ3) is 4.76. The van der Waals surface area contributed by atoms with Crippen molar-refractivity contribution in [3.05, 3.63) is 35.6 Å². The van der Waals surface area contributed by atoms with Gasteiger partial charge in [0.05, 0.1) is 12.9 Å². The van der Waals surface area contributed by atoms with Gasteiger partial charge in [-0.2, -0.15) is 8.42 Å². The summed E-state index contributed by atoms with van der Waals surface area (Å²) in [6.45, 7) is 4.97. The first-order valence-corrected chi connectivity index (χ1v) is 9.03. The van der Waals surface area contributed by atoms with Gasteiger partial charge in [0.1, 0.15) is 5.82 Å². The number of hydrogen-bond acceptors (Lipinski definition) is 4. The number of piperidine rings is 1. The van der Waals surface area contributed by atoms with Crippen LogP contribution in [0.5, 0.6) is 0 Å². The molecule has 2 rings (SSSR count). The Kier molecular flexibility index (Phi) is 5.35. The highest BCUT2D eigenvalue weighted by atomic mass is 32.2. The second-order valence-corrected chi connectivity index (χ2v) is 7.23. The molecule has 0 radical (unpaired) electrons. The molecule has 1 aromatic rings. The lowest BCUT2D eigenvalue weighted by Crippen LogP contribution is -2.41. The Balaban J connectivity index is 2.14. The maximum Gasteiger partial charge on any atom is 0.264 e. The van der Waals surface area contributed by atoms with Gasteiger partial charge in [0.15, 0.2) is 0 Å². The quantitative estimate of drug-likeness (QED) is 0.782. The molecule has 1 fully saturated rings. The highest BCUT2D eigenvalue weighted by Gasteiger charge is 2.30. The van der Waals surface area contributed by atoms with Gasteiger partial charge in [-0.1, -0.05) is 19.1 Å². The van der Waals surface area contributed by atoms with E-state index in [9.17, 15) is 12.8 Å². The molecule has 0 spiro atoms. The molecule has 1 aliphatic rings. The Morgan fingerprint density at radius 2 is 2.00 bits per heavy atom. The van der Waals surface area contributed by atoms with Gasteiger partial charge in [0.25, 0.3) is 10.1 Å². The molecule has 0 aliphatic carbocycles. The summed E-state index contributed by atoms with van der Waals surface area (Å²) in [6.07, 6.45) is 2.00. The van der Waals surface area contributed by atoms with Gasteiger partial charge in [0.2, 0.25) is 0 Å². The summed E-state index contributed by atoms with van der Waals surface area (Å²) in [5.74, 6) is 0.0442. The molecule has 1 saturated heterocycles. The van der Waals surface area contributed by atoms with Crippen molar-refractivity contribution in [3.63, 3.8) is 0 Å². The molecule has 0 unspecified atom stereocenters. The lowest BCUT2D eigenvalue weighted by Gasteiger charge is -2.38. The molecule has 0 saturated carbocycles. The fourth-order valence-electron chi connectivity index (χ4n) is 2.92. The summed E-state index contributed by atoms with van der Waals surface area (Å²) < 4.78 is 40.5. The number of likely N-dealkylation sites (tertiary alicyclic amines) is 1. The fraction of sp³-hybridized carbons (Fsp3) is 0.600. The molecule has 21 heavy (non-hydrogen) atoms. The van der Waals surface area contributed by atoms with Crippen molar-refractivity contribution in [2.75, 3.05) is 32.5 Å². The number of benzene rings is 1. The summed E-state index contributed by atoms with van der Waals surface area (Å²) in [4.78, 5) is 2.29. The summed E-state index contributed by atoms with van der Waals surface area (Å²) in [5, 5.41) is 0. The van der Waals surface area contributed by atoms with Crippen LogP contribution in [0.4, 0.5) is 4.39 Å². The fourth-order valence-corrected chi connectivity index (χ4v) is 3.35. The molecule has 2 atom stereocenters. The minimum absolute atomic E-state index is 0.0962. The molecule has 0 aromatic heterocycles. The Morgan fingerprint density at radius 3 is 2.57 bits per heavy atom. The minimum Gasteiger partial charge on any atom is -0.303 e. The predicted octanol–water partition coefficient (Wildman–Crippen LogP) is 2.23. The molecular weight excluding hydrogens is 293 g/mol. The van der Waals surface area contributed by atoms with Crippen molar-refractivity contribution in [2.24, 2.45) is 5.92 Å². The molecule has 4 nitrogen and oxygen atoms in total. The third-order valence-electron chi connectivity index (χ3n) is 4.06. The standard InChI is InChI=1S/C15H22FNO3S/c1-3-17-9-8-15(12-4-6-14(16)7-5-12)13(10-17)11-20-21(2,18)19/h4-7,13,15H,3,8-11H2,1-2H3/t13-,15-/m0/s1. The van der Waals surface area contributed by atoms with E-state index in [2.05, 4.69) is 11.8 Å². The van der Waals surface area contributed by atoms with Crippen LogP contribution in [-0.4, -0.2) is 45.8 Å². The van der Waals surface area contributed by atoms with E-state index in [0.29, 0.717) is 0 Å². The molecule has 1 aromatic carbocycles. The Labute approximate surface area is 126 Å². The van der Waals surface area contributed by atoms with Crippen LogP contribution in [0.3, 0.4) is 0 Å². The lowest BCUT2D eigenvalue weighted by atomic mass is 9.81. The Hall–Kier alpha value is -0.980. The predicted molar refractivity (Wildman–Crippen MR) is 80.2 cm³/mol. The highest BCUT2D eigenvalue weighted by Crippen LogP contribution is 2.33. The summed E-state index contributed by atoms with van der Waals surface area (Å²) in [5.41, 5.74) is 1.05. The van der Waals surface area contributed by atoms with Gasteiger partial charge in [-0.15, -0.1) is 0 Å². The minimum atomic E-state index is -3.44. The van der Waals surface area contributed by atoms with Crippen molar-refractivity contribution < 1.29 is 17.0 Å². The number of rotatable bonds is 5. The second-order valence-electron chi connectivity index (χ2n) is 5.59. The zero-order chi connectivity index (χ0) is 15.5. The topological polar surface area (TPSA) is 46.6 Å². The van der Waals surface area contributed by atoms with Crippen LogP contribution >= 0.6 is 0 Å². The normalized spacial score (nSPS) is 24.1. The van der Waals surface area contributed by atoms with Gasteiger partial charge < -0.3 is 4.90 Å². The molecule has 1 heterocycles. The summed E-state index contributed by atoms with van der Waals surface area (Å²) in [7, 11) is -3.44. The SMILES string of the molecule is CCN1CC[C@@H](c2ccc(F)cc2)[C@H](COS(C)(=O)=O)C1. The van der Waals surface area contributed by atoms with Crippen LogP contribution in [0.1, 0.15) is 24.8 Å². The molecule has 1 aliphatic heterocycles. The van der Waals surface area contributed by atoms with E-state index in [1.54, 1.807) is 12.1 Å². The van der Waals surface area contributed by atoms with E-state index in [1.165, 1.54) is 12.1 Å². The van der Waals surface area contributed by atoms with Crippen LogP contribution < -0.4 is 0 Å². The van der Waals surface area contributed by atoms with E-state index in [1.807, 2.05) is 0 Å². The summed E-state index contributed by atoms with van der Waals surface area (Å²) in [6, 6.07) is 6.48. The van der Waals surface area contributed by atoms with Crippen LogP contribution in [0.15, 0.2) is 24.3 Å². The van der Waals surface area contributed by atoms with Crippen LogP contribution in [0.2, 0.25) is 0 Å². The van der Waals surface area contributed by atoms with Crippen molar-refractivity contribution in [1.29, 1.82) is 0 Å². The van der Waals surface area contributed by atoms with Crippen molar-refractivity contribution in [1.82, 2.24) is 4.90 Å². The van der Waals surface area contributed by atoms with Crippen LogP contribution in [0, 0.1) is 11.7 Å². The number of halogens is 1. The van der Waals surface area contributed by atoms with Crippen molar-refractivity contribution >= 4 is 10.1 Å². The summed E-state index contributed by atoms with van der Waals surface area (Å²) >= 11 is 0. The smallest absolute Gasteiger partial charge is 0.264 e. The zero-order valence-electron chi connectivity index (χ0n) is 12.5. The largest absolute Gasteiger partial charge is 0.303 e. The molecule has 0 amide bonds. The average Bonchev–Trinajstić information content (AvgIpc) is 2.45. The molecule has 118 valence electrons. The molecule has 0 N–H and O–H groups in total. The number of nitrogens with zero attached hydrogens (tertiary/aromatic N) is 1. The van der Waals surface area contributed by atoms with Crippen LogP contribution in [-0.2, 0) is 14.3 Å².